The highest BCUT2D eigenvalue weighted by Crippen LogP contribution is 2.29. The SMILES string of the molecule is Cc1cnc(Sc2ccccc2N)[nH]1. The van der Waals surface area contributed by atoms with Crippen LogP contribution in [0.5, 0.6) is 0 Å². The molecular formula is C10H11N3S. The van der Waals surface area contributed by atoms with Gasteiger partial charge in [-0.25, -0.2) is 4.98 Å². The molecule has 4 heteroatoms. The first-order valence-electron chi connectivity index (χ1n) is 4.29. The fourth-order valence-electron chi connectivity index (χ4n) is 1.12. The Morgan fingerprint density at radius 2 is 2.14 bits per heavy atom. The van der Waals surface area contributed by atoms with E-state index < -0.39 is 0 Å². The quantitative estimate of drug-likeness (QED) is 0.740. The van der Waals surface area contributed by atoms with Gasteiger partial charge >= 0.3 is 0 Å². The summed E-state index contributed by atoms with van der Waals surface area (Å²) in [7, 11) is 0. The molecule has 1 aromatic heterocycles. The predicted molar refractivity (Wildman–Crippen MR) is 58.3 cm³/mol. The minimum absolute atomic E-state index is 0.784. The highest BCUT2D eigenvalue weighted by atomic mass is 32.2. The molecule has 3 N–H and O–H groups in total. The summed E-state index contributed by atoms with van der Waals surface area (Å²) >= 11 is 1.54. The number of para-hydroxylation sites is 1. The Morgan fingerprint density at radius 1 is 1.36 bits per heavy atom. The number of aromatic amines is 1. The Hall–Kier alpha value is -1.42. The Balaban J connectivity index is 2.23. The van der Waals surface area contributed by atoms with Crippen molar-refractivity contribution in [3.05, 3.63) is 36.2 Å². The predicted octanol–water partition coefficient (Wildman–Crippen LogP) is 2.45. The maximum absolute atomic E-state index is 5.81. The summed E-state index contributed by atoms with van der Waals surface area (Å²) in [6, 6.07) is 7.76. The molecule has 0 radical (unpaired) electrons. The van der Waals surface area contributed by atoms with Gasteiger partial charge in [-0.05, 0) is 30.8 Å². The molecule has 72 valence electrons. The van der Waals surface area contributed by atoms with Gasteiger partial charge in [0.1, 0.15) is 0 Å². The second-order valence-electron chi connectivity index (χ2n) is 3.01. The Kier molecular flexibility index (Phi) is 2.45. The molecule has 3 nitrogen and oxygen atoms in total. The van der Waals surface area contributed by atoms with Crippen molar-refractivity contribution in [2.24, 2.45) is 0 Å². The summed E-state index contributed by atoms with van der Waals surface area (Å²) < 4.78 is 0. The average molecular weight is 205 g/mol. The van der Waals surface area contributed by atoms with Gasteiger partial charge in [-0.2, -0.15) is 0 Å². The van der Waals surface area contributed by atoms with Crippen LogP contribution in [-0.2, 0) is 0 Å². The first kappa shape index (κ1) is 9.15. The summed E-state index contributed by atoms with van der Waals surface area (Å²) in [5.74, 6) is 0. The van der Waals surface area contributed by atoms with Gasteiger partial charge in [0.25, 0.3) is 0 Å². The number of rotatable bonds is 2. The van der Waals surface area contributed by atoms with Crippen LogP contribution in [0, 0.1) is 6.92 Å². The Morgan fingerprint density at radius 3 is 2.79 bits per heavy atom. The molecule has 0 saturated carbocycles. The number of hydrogen-bond acceptors (Lipinski definition) is 3. The Labute approximate surface area is 86.7 Å². The summed E-state index contributed by atoms with van der Waals surface area (Å²) in [5.41, 5.74) is 7.65. The van der Waals surface area contributed by atoms with Crippen molar-refractivity contribution in [1.82, 2.24) is 9.97 Å². The lowest BCUT2D eigenvalue weighted by Gasteiger charge is -2.01. The van der Waals surface area contributed by atoms with Crippen molar-refractivity contribution in [1.29, 1.82) is 0 Å². The zero-order valence-corrected chi connectivity index (χ0v) is 8.64. The molecule has 2 aromatic rings. The fourth-order valence-corrected chi connectivity index (χ4v) is 1.98. The molecule has 0 spiro atoms. The molecule has 0 amide bonds. The van der Waals surface area contributed by atoms with E-state index >= 15 is 0 Å². The molecule has 0 fully saturated rings. The van der Waals surface area contributed by atoms with E-state index in [1.54, 1.807) is 11.8 Å². The Bertz CT molecular complexity index is 436. The van der Waals surface area contributed by atoms with Crippen LogP contribution in [0.3, 0.4) is 0 Å². The molecule has 2 rings (SSSR count). The lowest BCUT2D eigenvalue weighted by Crippen LogP contribution is -1.87. The summed E-state index contributed by atoms with van der Waals surface area (Å²) in [6.45, 7) is 1.98. The minimum atomic E-state index is 0.784. The van der Waals surface area contributed by atoms with Gasteiger partial charge in [0.05, 0.1) is 0 Å². The minimum Gasteiger partial charge on any atom is -0.398 e. The number of H-pyrrole nitrogens is 1. The molecule has 0 atom stereocenters. The number of benzene rings is 1. The van der Waals surface area contributed by atoms with Crippen molar-refractivity contribution in [2.45, 2.75) is 17.0 Å². The summed E-state index contributed by atoms with van der Waals surface area (Å²) in [6.07, 6.45) is 1.81. The fraction of sp³-hybridized carbons (Fsp3) is 0.100. The van der Waals surface area contributed by atoms with Crippen LogP contribution in [0.1, 0.15) is 5.69 Å². The second kappa shape index (κ2) is 3.75. The van der Waals surface area contributed by atoms with Gasteiger partial charge in [-0.3, -0.25) is 0 Å². The van der Waals surface area contributed by atoms with E-state index in [-0.39, 0.29) is 0 Å². The molecule has 1 heterocycles. The maximum atomic E-state index is 5.81. The van der Waals surface area contributed by atoms with Crippen LogP contribution in [0.2, 0.25) is 0 Å². The second-order valence-corrected chi connectivity index (χ2v) is 4.04. The lowest BCUT2D eigenvalue weighted by molar-refractivity contribution is 1.04. The van der Waals surface area contributed by atoms with Gasteiger partial charge in [0.2, 0.25) is 0 Å². The third-order valence-electron chi connectivity index (χ3n) is 1.81. The van der Waals surface area contributed by atoms with E-state index in [1.807, 2.05) is 37.4 Å². The number of nitrogen functional groups attached to an aromatic ring is 1. The smallest absolute Gasteiger partial charge is 0.170 e. The maximum Gasteiger partial charge on any atom is 0.170 e. The van der Waals surface area contributed by atoms with Gasteiger partial charge in [0.15, 0.2) is 5.16 Å². The van der Waals surface area contributed by atoms with Gasteiger partial charge in [0, 0.05) is 22.5 Å². The zero-order chi connectivity index (χ0) is 9.97. The number of imidazole rings is 1. The molecule has 0 aliphatic carbocycles. The van der Waals surface area contributed by atoms with E-state index in [1.165, 1.54) is 0 Å². The first-order valence-corrected chi connectivity index (χ1v) is 5.11. The van der Waals surface area contributed by atoms with Crippen molar-refractivity contribution >= 4 is 17.4 Å². The standard InChI is InChI=1S/C10H11N3S/c1-7-6-12-10(13-7)14-9-5-3-2-4-8(9)11/h2-6H,11H2,1H3,(H,12,13). The lowest BCUT2D eigenvalue weighted by atomic mass is 10.3. The van der Waals surface area contributed by atoms with Crippen molar-refractivity contribution in [2.75, 3.05) is 5.73 Å². The summed E-state index contributed by atoms with van der Waals surface area (Å²) in [5, 5.41) is 0.875. The highest BCUT2D eigenvalue weighted by Gasteiger charge is 2.02. The summed E-state index contributed by atoms with van der Waals surface area (Å²) in [4.78, 5) is 8.38. The van der Waals surface area contributed by atoms with E-state index in [9.17, 15) is 0 Å². The van der Waals surface area contributed by atoms with Crippen LogP contribution in [-0.4, -0.2) is 9.97 Å². The number of nitrogens with two attached hydrogens (primary N) is 1. The van der Waals surface area contributed by atoms with E-state index in [2.05, 4.69) is 9.97 Å². The molecule has 0 unspecified atom stereocenters. The average Bonchev–Trinajstić information content (AvgIpc) is 2.56. The molecule has 1 aromatic carbocycles. The number of aryl methyl sites for hydroxylation is 1. The van der Waals surface area contributed by atoms with E-state index in [0.717, 1.165) is 21.4 Å². The van der Waals surface area contributed by atoms with Gasteiger partial charge in [-0.1, -0.05) is 12.1 Å². The zero-order valence-electron chi connectivity index (χ0n) is 7.82. The van der Waals surface area contributed by atoms with Crippen LogP contribution < -0.4 is 5.73 Å². The molecule has 0 aliphatic heterocycles. The number of nitrogens with one attached hydrogen (secondary N) is 1. The monoisotopic (exact) mass is 205 g/mol. The van der Waals surface area contributed by atoms with Crippen LogP contribution in [0.4, 0.5) is 5.69 Å². The molecule has 0 aliphatic rings. The van der Waals surface area contributed by atoms with E-state index in [0.29, 0.717) is 0 Å². The van der Waals surface area contributed by atoms with Crippen molar-refractivity contribution < 1.29 is 0 Å². The number of aromatic nitrogens is 2. The van der Waals surface area contributed by atoms with Gasteiger partial charge < -0.3 is 10.7 Å². The first-order chi connectivity index (χ1) is 6.75. The van der Waals surface area contributed by atoms with Crippen LogP contribution in [0.15, 0.2) is 40.5 Å². The molecule has 0 bridgehead atoms. The molecule has 0 saturated heterocycles. The highest BCUT2D eigenvalue weighted by molar-refractivity contribution is 7.99. The third-order valence-corrected chi connectivity index (χ3v) is 2.80. The largest absolute Gasteiger partial charge is 0.398 e. The van der Waals surface area contributed by atoms with Crippen LogP contribution >= 0.6 is 11.8 Å². The molecule has 14 heavy (non-hydrogen) atoms. The van der Waals surface area contributed by atoms with Gasteiger partial charge in [-0.15, -0.1) is 0 Å². The number of hydrogen-bond donors (Lipinski definition) is 2. The van der Waals surface area contributed by atoms with Crippen molar-refractivity contribution in [3.8, 4) is 0 Å². The number of nitrogens with zero attached hydrogens (tertiary/aromatic N) is 1. The van der Waals surface area contributed by atoms with Crippen LogP contribution in [0.25, 0.3) is 0 Å². The van der Waals surface area contributed by atoms with Crippen molar-refractivity contribution in [3.63, 3.8) is 0 Å². The molecular weight excluding hydrogens is 194 g/mol. The van der Waals surface area contributed by atoms with E-state index in [4.69, 9.17) is 5.73 Å². The number of anilines is 1. The topological polar surface area (TPSA) is 54.7 Å². The third kappa shape index (κ3) is 1.90. The normalized spacial score (nSPS) is 10.4.